The molecule has 2 rings (SSSR count). The fourth-order valence-corrected chi connectivity index (χ4v) is 1.78. The van der Waals surface area contributed by atoms with Gasteiger partial charge in [0.05, 0.1) is 0 Å². The highest BCUT2D eigenvalue weighted by molar-refractivity contribution is 5.90. The Hall–Kier alpha value is -3.09. The zero-order valence-corrected chi connectivity index (χ0v) is 14.2. The third-order valence-electron chi connectivity index (χ3n) is 3.30. The van der Waals surface area contributed by atoms with Crippen molar-refractivity contribution in [2.75, 3.05) is 0 Å². The smallest absolute Gasteiger partial charge is 0.431 e. The van der Waals surface area contributed by atoms with E-state index in [0.717, 1.165) is 0 Å². The van der Waals surface area contributed by atoms with Gasteiger partial charge in [-0.25, -0.2) is 14.4 Å². The second-order valence-corrected chi connectivity index (χ2v) is 5.45. The molecule has 1 aromatic carbocycles. The van der Waals surface area contributed by atoms with Crippen molar-refractivity contribution in [1.29, 1.82) is 0 Å². The van der Waals surface area contributed by atoms with Crippen LogP contribution >= 0.6 is 0 Å². The van der Waals surface area contributed by atoms with Crippen LogP contribution in [0.3, 0.4) is 0 Å². The molecule has 2 aromatic rings. The summed E-state index contributed by atoms with van der Waals surface area (Å²) in [6.07, 6.45) is -0.689. The van der Waals surface area contributed by atoms with Crippen LogP contribution in [0.4, 0.5) is 4.79 Å². The molecule has 0 aliphatic carbocycles. The minimum absolute atomic E-state index is 0.0181. The third kappa shape index (κ3) is 4.69. The molecule has 0 radical (unpaired) electrons. The van der Waals surface area contributed by atoms with Crippen LogP contribution in [0.15, 0.2) is 45.6 Å². The summed E-state index contributed by atoms with van der Waals surface area (Å²) in [5.74, 6) is -0.808. The van der Waals surface area contributed by atoms with E-state index in [4.69, 9.17) is 18.6 Å². The normalized spacial score (nSPS) is 11.6. The molecule has 1 heterocycles. The lowest BCUT2D eigenvalue weighted by Crippen LogP contribution is -2.18. The molecule has 7 heteroatoms. The van der Waals surface area contributed by atoms with E-state index in [1.807, 2.05) is 6.92 Å². The highest BCUT2D eigenvalue weighted by Gasteiger charge is 2.18. The number of esters is 1. The van der Waals surface area contributed by atoms with Gasteiger partial charge in [-0.2, -0.15) is 0 Å². The first kappa shape index (κ1) is 18.3. The van der Waals surface area contributed by atoms with Crippen molar-refractivity contribution in [1.82, 2.24) is 0 Å². The fourth-order valence-electron chi connectivity index (χ4n) is 1.78. The molecule has 0 N–H and O–H groups in total. The van der Waals surface area contributed by atoms with E-state index in [0.29, 0.717) is 11.8 Å². The van der Waals surface area contributed by atoms with E-state index >= 15 is 0 Å². The van der Waals surface area contributed by atoms with Crippen LogP contribution in [-0.4, -0.2) is 18.2 Å². The largest absolute Gasteiger partial charge is 0.514 e. The fraction of sp³-hybridized carbons (Fsp3) is 0.278. The Morgan fingerprint density at radius 2 is 1.88 bits per heavy atom. The van der Waals surface area contributed by atoms with Crippen molar-refractivity contribution < 1.29 is 28.2 Å². The maximum absolute atomic E-state index is 11.9. The van der Waals surface area contributed by atoms with Crippen LogP contribution in [-0.2, 0) is 9.53 Å². The van der Waals surface area contributed by atoms with Crippen LogP contribution in [0.5, 0.6) is 11.5 Å². The summed E-state index contributed by atoms with van der Waals surface area (Å²) in [5, 5.41) is 0.492. The van der Waals surface area contributed by atoms with Gasteiger partial charge in [0.25, 0.3) is 0 Å². The molecule has 1 aromatic heterocycles. The Kier molecular flexibility index (Phi) is 5.59. The van der Waals surface area contributed by atoms with Gasteiger partial charge in [0.15, 0.2) is 11.5 Å². The average molecular weight is 346 g/mol. The van der Waals surface area contributed by atoms with Crippen molar-refractivity contribution in [2.24, 2.45) is 0 Å². The van der Waals surface area contributed by atoms with Crippen LogP contribution in [0.2, 0.25) is 0 Å². The first-order valence-electron chi connectivity index (χ1n) is 7.64. The number of ether oxygens (including phenoxy) is 3. The Labute approximate surface area is 143 Å². The maximum atomic E-state index is 11.9. The van der Waals surface area contributed by atoms with Gasteiger partial charge in [0, 0.05) is 23.1 Å². The number of hydrogen-bond donors (Lipinski definition) is 0. The topological polar surface area (TPSA) is 92.0 Å². The zero-order valence-electron chi connectivity index (χ0n) is 14.2. The first-order chi connectivity index (χ1) is 11.8. The first-order valence-corrected chi connectivity index (χ1v) is 7.64. The second-order valence-electron chi connectivity index (χ2n) is 5.45. The highest BCUT2D eigenvalue weighted by atomic mass is 16.7. The molecular formula is C18H18O7. The quantitative estimate of drug-likeness (QED) is 0.268. The molecule has 0 bridgehead atoms. The van der Waals surface area contributed by atoms with Crippen molar-refractivity contribution in [3.8, 4) is 11.5 Å². The molecule has 0 aliphatic heterocycles. The lowest BCUT2D eigenvalue weighted by atomic mass is 10.2. The number of fused-ring (bicyclic) bond motifs is 1. The van der Waals surface area contributed by atoms with Gasteiger partial charge in [-0.05, 0) is 32.4 Å². The molecule has 0 fully saturated rings. The lowest BCUT2D eigenvalue weighted by Gasteiger charge is -2.13. The number of benzene rings is 1. The number of carbonyl (C=O) groups is 2. The van der Waals surface area contributed by atoms with Crippen molar-refractivity contribution in [2.45, 2.75) is 33.3 Å². The molecule has 7 nitrogen and oxygen atoms in total. The highest BCUT2D eigenvalue weighted by Crippen LogP contribution is 2.33. The van der Waals surface area contributed by atoms with Crippen LogP contribution in [0, 0.1) is 0 Å². The summed E-state index contributed by atoms with van der Waals surface area (Å²) in [7, 11) is 0. The molecule has 1 atom stereocenters. The van der Waals surface area contributed by atoms with Gasteiger partial charge >= 0.3 is 17.8 Å². The standard InChI is InChI=1S/C18H18O7/c1-5-11(4)22-18(21)25-15-9-13-12(6-7-16(19)23-13)8-14(15)24-17(20)10(2)3/h6-9,11H,2,5H2,1,3-4H3. The maximum Gasteiger partial charge on any atom is 0.514 e. The number of rotatable bonds is 5. The Morgan fingerprint density at radius 1 is 1.20 bits per heavy atom. The van der Waals surface area contributed by atoms with Gasteiger partial charge in [-0.3, -0.25) is 0 Å². The summed E-state index contributed by atoms with van der Waals surface area (Å²) in [6.45, 7) is 8.55. The lowest BCUT2D eigenvalue weighted by molar-refractivity contribution is -0.130. The van der Waals surface area contributed by atoms with Gasteiger partial charge in [0.2, 0.25) is 0 Å². The van der Waals surface area contributed by atoms with E-state index in [-0.39, 0.29) is 28.8 Å². The van der Waals surface area contributed by atoms with Crippen LogP contribution in [0.25, 0.3) is 11.0 Å². The Bertz CT molecular complexity index is 879. The monoisotopic (exact) mass is 346 g/mol. The molecule has 1 unspecified atom stereocenters. The number of hydrogen-bond acceptors (Lipinski definition) is 7. The molecule has 0 saturated heterocycles. The predicted molar refractivity (Wildman–Crippen MR) is 89.8 cm³/mol. The summed E-state index contributed by atoms with van der Waals surface area (Å²) in [6, 6.07) is 5.44. The molecule has 0 saturated carbocycles. The SMILES string of the molecule is C=C(C)C(=O)Oc1cc2ccc(=O)oc2cc1OC(=O)OC(C)CC. The predicted octanol–water partition coefficient (Wildman–Crippen LogP) is 3.59. The second kappa shape index (κ2) is 7.65. The summed E-state index contributed by atoms with van der Waals surface area (Å²) < 4.78 is 20.4. The van der Waals surface area contributed by atoms with E-state index < -0.39 is 17.8 Å². The molecule has 0 spiro atoms. The van der Waals surface area contributed by atoms with Crippen molar-refractivity contribution in [3.63, 3.8) is 0 Å². The Morgan fingerprint density at radius 3 is 2.52 bits per heavy atom. The van der Waals surface area contributed by atoms with E-state index in [2.05, 4.69) is 6.58 Å². The molecule has 132 valence electrons. The van der Waals surface area contributed by atoms with Gasteiger partial charge < -0.3 is 18.6 Å². The molecule has 0 amide bonds. The van der Waals surface area contributed by atoms with Crippen LogP contribution < -0.4 is 15.1 Å². The minimum Gasteiger partial charge on any atom is -0.431 e. The zero-order chi connectivity index (χ0) is 18.6. The molecule has 25 heavy (non-hydrogen) atoms. The van der Waals surface area contributed by atoms with Gasteiger partial charge in [-0.1, -0.05) is 13.5 Å². The summed E-state index contributed by atoms with van der Waals surface area (Å²) in [4.78, 5) is 35.0. The van der Waals surface area contributed by atoms with E-state index in [1.54, 1.807) is 6.92 Å². The van der Waals surface area contributed by atoms with Crippen molar-refractivity contribution >= 4 is 23.1 Å². The van der Waals surface area contributed by atoms with Crippen LogP contribution in [0.1, 0.15) is 27.2 Å². The summed E-state index contributed by atoms with van der Waals surface area (Å²) in [5.41, 5.74) is -0.214. The molecule has 0 aliphatic rings. The van der Waals surface area contributed by atoms with Crippen molar-refractivity contribution in [3.05, 3.63) is 46.8 Å². The van der Waals surface area contributed by atoms with Gasteiger partial charge in [-0.15, -0.1) is 0 Å². The average Bonchev–Trinajstić information content (AvgIpc) is 2.55. The van der Waals surface area contributed by atoms with Gasteiger partial charge in [0.1, 0.15) is 11.7 Å². The summed E-state index contributed by atoms with van der Waals surface area (Å²) >= 11 is 0. The Balaban J connectivity index is 2.42. The number of carbonyl (C=O) groups excluding carboxylic acids is 2. The van der Waals surface area contributed by atoms with E-state index in [1.165, 1.54) is 31.2 Å². The third-order valence-corrected chi connectivity index (χ3v) is 3.30. The molecular weight excluding hydrogens is 328 g/mol. The van der Waals surface area contributed by atoms with E-state index in [9.17, 15) is 14.4 Å². The minimum atomic E-state index is -0.959.